The van der Waals surface area contributed by atoms with Crippen molar-refractivity contribution in [3.8, 4) is 0 Å². The van der Waals surface area contributed by atoms with Gasteiger partial charge in [-0.2, -0.15) is 0 Å². The number of anilines is 1. The van der Waals surface area contributed by atoms with E-state index in [4.69, 9.17) is 11.6 Å². The van der Waals surface area contributed by atoms with Gasteiger partial charge in [0.2, 0.25) is 17.7 Å². The lowest BCUT2D eigenvalue weighted by molar-refractivity contribution is -0.138. The van der Waals surface area contributed by atoms with E-state index in [1.165, 1.54) is 9.80 Å². The van der Waals surface area contributed by atoms with Gasteiger partial charge in [-0.05, 0) is 31.3 Å². The molecule has 0 aliphatic carbocycles. The molecule has 1 N–H and O–H groups in total. The van der Waals surface area contributed by atoms with Crippen LogP contribution in [0, 0.1) is 0 Å². The first-order chi connectivity index (χ1) is 11.2. The van der Waals surface area contributed by atoms with Crippen LogP contribution in [-0.2, 0) is 14.4 Å². The van der Waals surface area contributed by atoms with Gasteiger partial charge in [0.25, 0.3) is 0 Å². The van der Waals surface area contributed by atoms with E-state index in [1.807, 2.05) is 0 Å². The molecule has 0 atom stereocenters. The zero-order valence-corrected chi connectivity index (χ0v) is 15.1. The molecule has 7 nitrogen and oxygen atoms in total. The number of halogens is 1. The number of benzene rings is 1. The van der Waals surface area contributed by atoms with E-state index in [2.05, 4.69) is 5.32 Å². The maximum atomic E-state index is 12.1. The van der Waals surface area contributed by atoms with Crippen molar-refractivity contribution in [1.82, 2.24) is 14.7 Å². The molecule has 0 radical (unpaired) electrons. The smallest absolute Gasteiger partial charge is 0.241 e. The summed E-state index contributed by atoms with van der Waals surface area (Å²) in [5, 5.41) is 3.31. The first kappa shape index (κ1) is 19.9. The van der Waals surface area contributed by atoms with Crippen molar-refractivity contribution in [1.29, 1.82) is 0 Å². The van der Waals surface area contributed by atoms with E-state index in [1.54, 1.807) is 57.4 Å². The van der Waals surface area contributed by atoms with Crippen LogP contribution in [0.15, 0.2) is 24.3 Å². The highest BCUT2D eigenvalue weighted by Gasteiger charge is 2.17. The molecule has 132 valence electrons. The van der Waals surface area contributed by atoms with Gasteiger partial charge in [0.15, 0.2) is 0 Å². The fourth-order valence-corrected chi connectivity index (χ4v) is 1.94. The molecule has 0 unspecified atom stereocenters. The second-order valence-corrected chi connectivity index (χ2v) is 6.20. The van der Waals surface area contributed by atoms with E-state index in [0.717, 1.165) is 0 Å². The van der Waals surface area contributed by atoms with Crippen LogP contribution in [0.2, 0.25) is 5.02 Å². The summed E-state index contributed by atoms with van der Waals surface area (Å²) in [6.07, 6.45) is 0. The first-order valence-electron chi connectivity index (χ1n) is 7.37. The van der Waals surface area contributed by atoms with E-state index < -0.39 is 0 Å². The van der Waals surface area contributed by atoms with Gasteiger partial charge >= 0.3 is 0 Å². The summed E-state index contributed by atoms with van der Waals surface area (Å²) in [5.41, 5.74) is 0.637. The van der Waals surface area contributed by atoms with Crippen LogP contribution in [-0.4, -0.2) is 80.2 Å². The summed E-state index contributed by atoms with van der Waals surface area (Å²) in [5.74, 6) is -0.624. The Morgan fingerprint density at radius 3 is 2.04 bits per heavy atom. The average molecular weight is 355 g/mol. The van der Waals surface area contributed by atoms with Gasteiger partial charge in [0.1, 0.15) is 0 Å². The minimum Gasteiger partial charge on any atom is -0.347 e. The Kier molecular flexibility index (Phi) is 7.67. The van der Waals surface area contributed by atoms with Crippen LogP contribution in [0.4, 0.5) is 5.69 Å². The summed E-state index contributed by atoms with van der Waals surface area (Å²) in [4.78, 5) is 40.0. The van der Waals surface area contributed by atoms with Crippen LogP contribution in [0.25, 0.3) is 0 Å². The number of hydrogen-bond acceptors (Lipinski definition) is 4. The second kappa shape index (κ2) is 9.24. The third kappa shape index (κ3) is 6.97. The van der Waals surface area contributed by atoms with E-state index in [-0.39, 0.29) is 37.4 Å². The van der Waals surface area contributed by atoms with Crippen molar-refractivity contribution in [2.24, 2.45) is 0 Å². The SMILES string of the molecule is CN(CC(=O)Nc1ccc(Cl)cc1)CC(=O)N(C)CC(=O)N(C)C. The third-order valence-corrected chi connectivity index (χ3v) is 3.50. The molecule has 0 aliphatic rings. The highest BCUT2D eigenvalue weighted by atomic mass is 35.5. The minimum atomic E-state index is -0.236. The van der Waals surface area contributed by atoms with E-state index >= 15 is 0 Å². The molecule has 1 aromatic rings. The number of likely N-dealkylation sites (N-methyl/N-ethyl adjacent to an activating group) is 3. The maximum Gasteiger partial charge on any atom is 0.241 e. The monoisotopic (exact) mass is 354 g/mol. The standard InChI is InChI=1S/C16H23ClN4O3/c1-19(2)15(23)11-21(4)16(24)10-20(3)9-14(22)18-13-7-5-12(17)6-8-13/h5-8H,9-11H2,1-4H3,(H,18,22). The number of amides is 3. The molecule has 1 aromatic carbocycles. The molecule has 3 amide bonds. The molecule has 0 heterocycles. The topological polar surface area (TPSA) is 73.0 Å². The zero-order chi connectivity index (χ0) is 18.3. The molecular weight excluding hydrogens is 332 g/mol. The van der Waals surface area contributed by atoms with Gasteiger partial charge in [-0.15, -0.1) is 0 Å². The van der Waals surface area contributed by atoms with Crippen LogP contribution in [0.3, 0.4) is 0 Å². The Bertz CT molecular complexity index is 589. The number of nitrogens with one attached hydrogen (secondary N) is 1. The molecule has 0 aliphatic heterocycles. The van der Waals surface area contributed by atoms with E-state index in [9.17, 15) is 14.4 Å². The lowest BCUT2D eigenvalue weighted by atomic mass is 10.3. The van der Waals surface area contributed by atoms with Crippen LogP contribution in [0.5, 0.6) is 0 Å². The Balaban J connectivity index is 2.42. The molecule has 0 saturated heterocycles. The third-order valence-electron chi connectivity index (χ3n) is 3.24. The Morgan fingerprint density at radius 2 is 1.50 bits per heavy atom. The summed E-state index contributed by atoms with van der Waals surface area (Å²) in [6.45, 7) is 0.117. The molecule has 0 saturated carbocycles. The fraction of sp³-hybridized carbons (Fsp3) is 0.438. The van der Waals surface area contributed by atoms with Gasteiger partial charge in [-0.25, -0.2) is 0 Å². The lowest BCUT2D eigenvalue weighted by Crippen LogP contribution is -2.43. The van der Waals surface area contributed by atoms with Crippen molar-refractivity contribution in [2.75, 3.05) is 53.1 Å². The Hall–Kier alpha value is -2.12. The van der Waals surface area contributed by atoms with Crippen LogP contribution < -0.4 is 5.32 Å². The molecule has 0 aromatic heterocycles. The number of carbonyl (C=O) groups is 3. The maximum absolute atomic E-state index is 12.1. The average Bonchev–Trinajstić information content (AvgIpc) is 2.48. The summed E-state index contributed by atoms with van der Waals surface area (Å²) < 4.78 is 0. The zero-order valence-electron chi connectivity index (χ0n) is 14.4. The minimum absolute atomic E-state index is 0.0106. The van der Waals surface area contributed by atoms with Gasteiger partial charge in [0, 0.05) is 31.9 Å². The Labute approximate surface area is 147 Å². The predicted molar refractivity (Wildman–Crippen MR) is 93.9 cm³/mol. The first-order valence-corrected chi connectivity index (χ1v) is 7.75. The quantitative estimate of drug-likeness (QED) is 0.784. The lowest BCUT2D eigenvalue weighted by Gasteiger charge is -2.22. The number of hydrogen-bond donors (Lipinski definition) is 1. The van der Waals surface area contributed by atoms with Gasteiger partial charge in [0.05, 0.1) is 19.6 Å². The van der Waals surface area contributed by atoms with Crippen molar-refractivity contribution in [3.63, 3.8) is 0 Å². The van der Waals surface area contributed by atoms with E-state index in [0.29, 0.717) is 10.7 Å². The highest BCUT2D eigenvalue weighted by molar-refractivity contribution is 6.30. The number of rotatable bonds is 7. The fourth-order valence-electron chi connectivity index (χ4n) is 1.82. The van der Waals surface area contributed by atoms with Crippen LogP contribution in [0.1, 0.15) is 0 Å². The van der Waals surface area contributed by atoms with Gasteiger partial charge in [-0.1, -0.05) is 11.6 Å². The Morgan fingerprint density at radius 1 is 0.917 bits per heavy atom. The normalized spacial score (nSPS) is 10.4. The number of carbonyl (C=O) groups excluding carboxylic acids is 3. The van der Waals surface area contributed by atoms with Gasteiger partial charge < -0.3 is 15.1 Å². The predicted octanol–water partition coefficient (Wildman–Crippen LogP) is 0.757. The largest absolute Gasteiger partial charge is 0.347 e. The van der Waals surface area contributed by atoms with Crippen molar-refractivity contribution in [3.05, 3.63) is 29.3 Å². The summed E-state index contributed by atoms with van der Waals surface area (Å²) >= 11 is 5.78. The van der Waals surface area contributed by atoms with Crippen LogP contribution >= 0.6 is 11.6 Å². The molecule has 24 heavy (non-hydrogen) atoms. The molecular formula is C16H23ClN4O3. The van der Waals surface area contributed by atoms with Crippen molar-refractivity contribution >= 4 is 35.0 Å². The number of nitrogens with zero attached hydrogens (tertiary/aromatic N) is 3. The molecule has 0 bridgehead atoms. The molecule has 1 rings (SSSR count). The second-order valence-electron chi connectivity index (χ2n) is 5.77. The van der Waals surface area contributed by atoms with Crippen molar-refractivity contribution < 1.29 is 14.4 Å². The highest BCUT2D eigenvalue weighted by Crippen LogP contribution is 2.13. The van der Waals surface area contributed by atoms with Crippen molar-refractivity contribution in [2.45, 2.75) is 0 Å². The van der Waals surface area contributed by atoms with Gasteiger partial charge in [-0.3, -0.25) is 19.3 Å². The molecule has 0 fully saturated rings. The molecule has 0 spiro atoms. The molecule has 8 heteroatoms. The summed E-state index contributed by atoms with van der Waals surface area (Å²) in [6, 6.07) is 6.76. The summed E-state index contributed by atoms with van der Waals surface area (Å²) in [7, 11) is 6.49.